The van der Waals surface area contributed by atoms with Gasteiger partial charge in [0.15, 0.2) is 0 Å². The molecule has 1 unspecified atom stereocenters. The third-order valence-electron chi connectivity index (χ3n) is 2.28. The Bertz CT molecular complexity index is 454. The number of benzene rings is 1. The van der Waals surface area contributed by atoms with Gasteiger partial charge in [0.25, 0.3) is 0 Å². The molecule has 0 aliphatic carbocycles. The van der Waals surface area contributed by atoms with Crippen LogP contribution in [0.5, 0.6) is 0 Å². The lowest BCUT2D eigenvalue weighted by Gasteiger charge is -2.13. The fourth-order valence-electron chi connectivity index (χ4n) is 1.49. The van der Waals surface area contributed by atoms with Gasteiger partial charge in [0, 0.05) is 0 Å². The monoisotopic (exact) mass is 252 g/mol. The fourth-order valence-corrected chi connectivity index (χ4v) is 1.73. The van der Waals surface area contributed by atoms with Gasteiger partial charge in [-0.25, -0.2) is 0 Å². The SMILES string of the molecule is C#CC(CCC)Nc1cccc(Cl)c1[N+](=O)[O-]. The van der Waals surface area contributed by atoms with Crippen molar-refractivity contribution in [2.24, 2.45) is 0 Å². The van der Waals surface area contributed by atoms with E-state index in [0.717, 1.165) is 12.8 Å². The zero-order chi connectivity index (χ0) is 12.8. The number of hydrogen-bond acceptors (Lipinski definition) is 3. The fraction of sp³-hybridized carbons (Fsp3) is 0.333. The molecule has 0 saturated carbocycles. The number of nitro benzene ring substituents is 1. The van der Waals surface area contributed by atoms with Crippen LogP contribution in [0.2, 0.25) is 5.02 Å². The van der Waals surface area contributed by atoms with E-state index in [4.69, 9.17) is 18.0 Å². The normalized spacial score (nSPS) is 11.6. The van der Waals surface area contributed by atoms with E-state index in [1.807, 2.05) is 6.92 Å². The Morgan fingerprint density at radius 1 is 1.65 bits per heavy atom. The van der Waals surface area contributed by atoms with Crippen LogP contribution in [0.1, 0.15) is 19.8 Å². The van der Waals surface area contributed by atoms with Crippen molar-refractivity contribution >= 4 is 23.0 Å². The topological polar surface area (TPSA) is 55.2 Å². The predicted molar refractivity (Wildman–Crippen MR) is 69.3 cm³/mol. The Morgan fingerprint density at radius 2 is 2.35 bits per heavy atom. The molecule has 0 fully saturated rings. The summed E-state index contributed by atoms with van der Waals surface area (Å²) in [5, 5.41) is 14.0. The Labute approximate surface area is 105 Å². The summed E-state index contributed by atoms with van der Waals surface area (Å²) in [6.45, 7) is 2.00. The molecule has 1 N–H and O–H groups in total. The Hall–Kier alpha value is -1.73. The quantitative estimate of drug-likeness (QED) is 0.496. The molecule has 17 heavy (non-hydrogen) atoms. The molecule has 0 radical (unpaired) electrons. The number of para-hydroxylation sites is 1. The van der Waals surface area contributed by atoms with Gasteiger partial charge in [0.05, 0.1) is 11.0 Å². The van der Waals surface area contributed by atoms with Gasteiger partial charge in [-0.2, -0.15) is 0 Å². The third-order valence-corrected chi connectivity index (χ3v) is 2.58. The predicted octanol–water partition coefficient (Wildman–Crippen LogP) is 3.46. The maximum absolute atomic E-state index is 10.9. The van der Waals surface area contributed by atoms with Gasteiger partial charge in [-0.15, -0.1) is 6.42 Å². The number of anilines is 1. The van der Waals surface area contributed by atoms with Crippen molar-refractivity contribution in [2.45, 2.75) is 25.8 Å². The van der Waals surface area contributed by atoms with E-state index in [-0.39, 0.29) is 16.8 Å². The van der Waals surface area contributed by atoms with Crippen LogP contribution in [0.3, 0.4) is 0 Å². The van der Waals surface area contributed by atoms with Gasteiger partial charge in [0.1, 0.15) is 10.7 Å². The molecule has 1 aromatic rings. The lowest BCUT2D eigenvalue weighted by Crippen LogP contribution is -2.17. The first-order valence-electron chi connectivity index (χ1n) is 5.25. The third kappa shape index (κ3) is 3.36. The standard InChI is InChI=1S/C12H13ClN2O2/c1-3-6-9(4-2)14-11-8-5-7-10(13)12(11)15(16)17/h2,5,7-9,14H,3,6H2,1H3. The molecule has 0 aliphatic heterocycles. The van der Waals surface area contributed by atoms with Gasteiger partial charge in [-0.3, -0.25) is 10.1 Å². The van der Waals surface area contributed by atoms with Crippen LogP contribution < -0.4 is 5.32 Å². The highest BCUT2D eigenvalue weighted by Crippen LogP contribution is 2.32. The van der Waals surface area contributed by atoms with Gasteiger partial charge in [-0.1, -0.05) is 36.9 Å². The van der Waals surface area contributed by atoms with Crippen LogP contribution >= 0.6 is 11.6 Å². The second kappa shape index (κ2) is 6.12. The Morgan fingerprint density at radius 3 is 2.88 bits per heavy atom. The van der Waals surface area contributed by atoms with E-state index in [1.54, 1.807) is 12.1 Å². The molecule has 0 heterocycles. The summed E-state index contributed by atoms with van der Waals surface area (Å²) >= 11 is 5.79. The number of terminal acetylenes is 1. The average Bonchev–Trinajstić information content (AvgIpc) is 2.28. The molecule has 0 spiro atoms. The number of halogens is 1. The summed E-state index contributed by atoms with van der Waals surface area (Å²) in [4.78, 5) is 10.4. The second-order valence-electron chi connectivity index (χ2n) is 3.55. The van der Waals surface area contributed by atoms with E-state index in [2.05, 4.69) is 11.2 Å². The van der Waals surface area contributed by atoms with Crippen molar-refractivity contribution in [3.05, 3.63) is 33.3 Å². The summed E-state index contributed by atoms with van der Waals surface area (Å²) in [5.74, 6) is 2.56. The number of rotatable bonds is 5. The van der Waals surface area contributed by atoms with Crippen molar-refractivity contribution in [3.8, 4) is 12.3 Å². The van der Waals surface area contributed by atoms with Crippen molar-refractivity contribution in [3.63, 3.8) is 0 Å². The van der Waals surface area contributed by atoms with E-state index >= 15 is 0 Å². The van der Waals surface area contributed by atoms with Gasteiger partial charge >= 0.3 is 5.69 Å². The van der Waals surface area contributed by atoms with Crippen molar-refractivity contribution in [1.82, 2.24) is 0 Å². The van der Waals surface area contributed by atoms with Crippen LogP contribution in [0.25, 0.3) is 0 Å². The van der Waals surface area contributed by atoms with E-state index in [9.17, 15) is 10.1 Å². The molecule has 0 bridgehead atoms. The molecule has 0 aromatic heterocycles. The number of hydrogen-bond donors (Lipinski definition) is 1. The largest absolute Gasteiger partial charge is 0.366 e. The lowest BCUT2D eigenvalue weighted by atomic mass is 10.1. The molecule has 1 atom stereocenters. The summed E-state index contributed by atoms with van der Waals surface area (Å²) in [6, 6.07) is 4.51. The van der Waals surface area contributed by atoms with Crippen LogP contribution in [0.15, 0.2) is 18.2 Å². The van der Waals surface area contributed by atoms with Crippen LogP contribution in [0, 0.1) is 22.5 Å². The van der Waals surface area contributed by atoms with E-state index in [0.29, 0.717) is 5.69 Å². The van der Waals surface area contributed by atoms with Gasteiger partial charge < -0.3 is 5.32 Å². The van der Waals surface area contributed by atoms with E-state index in [1.165, 1.54) is 6.07 Å². The zero-order valence-corrected chi connectivity index (χ0v) is 10.2. The summed E-state index contributed by atoms with van der Waals surface area (Å²) in [7, 11) is 0. The molecule has 0 aliphatic rings. The minimum absolute atomic E-state index is 0.104. The Balaban J connectivity index is 3.02. The molecule has 5 heteroatoms. The number of nitro groups is 1. The van der Waals surface area contributed by atoms with Crippen LogP contribution in [0.4, 0.5) is 11.4 Å². The van der Waals surface area contributed by atoms with Crippen molar-refractivity contribution in [1.29, 1.82) is 0 Å². The molecule has 1 aromatic carbocycles. The lowest BCUT2D eigenvalue weighted by molar-refractivity contribution is -0.383. The molecule has 4 nitrogen and oxygen atoms in total. The van der Waals surface area contributed by atoms with Gasteiger partial charge in [-0.05, 0) is 18.6 Å². The maximum Gasteiger partial charge on any atom is 0.310 e. The first-order chi connectivity index (χ1) is 8.10. The van der Waals surface area contributed by atoms with Crippen LogP contribution in [-0.2, 0) is 0 Å². The zero-order valence-electron chi connectivity index (χ0n) is 9.44. The summed E-state index contributed by atoms with van der Waals surface area (Å²) < 4.78 is 0. The average molecular weight is 253 g/mol. The molecule has 0 amide bonds. The summed E-state index contributed by atoms with van der Waals surface area (Å²) in [5.41, 5.74) is 0.226. The first-order valence-corrected chi connectivity index (χ1v) is 5.63. The highest BCUT2D eigenvalue weighted by molar-refractivity contribution is 6.33. The smallest absolute Gasteiger partial charge is 0.310 e. The minimum Gasteiger partial charge on any atom is -0.366 e. The second-order valence-corrected chi connectivity index (χ2v) is 3.95. The Kier molecular flexibility index (Phi) is 4.80. The van der Waals surface area contributed by atoms with Crippen molar-refractivity contribution < 1.29 is 4.92 Å². The molecular weight excluding hydrogens is 240 g/mol. The molecule has 90 valence electrons. The maximum atomic E-state index is 10.9. The van der Waals surface area contributed by atoms with Gasteiger partial charge in [0.2, 0.25) is 0 Å². The minimum atomic E-state index is -0.510. The van der Waals surface area contributed by atoms with E-state index < -0.39 is 4.92 Å². The molecular formula is C12H13ClN2O2. The first kappa shape index (κ1) is 13.3. The highest BCUT2D eigenvalue weighted by atomic mass is 35.5. The highest BCUT2D eigenvalue weighted by Gasteiger charge is 2.19. The number of nitrogens with one attached hydrogen (secondary N) is 1. The van der Waals surface area contributed by atoms with Crippen LogP contribution in [-0.4, -0.2) is 11.0 Å². The summed E-state index contributed by atoms with van der Waals surface area (Å²) in [6.07, 6.45) is 7.00. The molecule has 0 saturated heterocycles. The molecule has 1 rings (SSSR count). The van der Waals surface area contributed by atoms with Crippen molar-refractivity contribution in [2.75, 3.05) is 5.32 Å². The number of nitrogens with zero attached hydrogens (tertiary/aromatic N) is 1.